The first-order valence-corrected chi connectivity index (χ1v) is 6.36. The largest absolute Gasteiger partial charge is 0.382 e. The number of hydrogen-bond donors (Lipinski definition) is 0. The molecule has 0 unspecified atom stereocenters. The second-order valence-electron chi connectivity index (χ2n) is 3.19. The van der Waals surface area contributed by atoms with Crippen LogP contribution in [-0.2, 0) is 15.9 Å². The summed E-state index contributed by atoms with van der Waals surface area (Å²) in [5.41, 5.74) is 0.910. The van der Waals surface area contributed by atoms with E-state index in [0.29, 0.717) is 31.4 Å². The van der Waals surface area contributed by atoms with Gasteiger partial charge in [0.25, 0.3) is 0 Å². The summed E-state index contributed by atoms with van der Waals surface area (Å²) >= 11 is 8.10. The third-order valence-corrected chi connectivity index (χ3v) is 3.81. The molecule has 0 bridgehead atoms. The van der Waals surface area contributed by atoms with E-state index < -0.39 is 0 Å². The minimum atomic E-state index is 0.514. The summed E-state index contributed by atoms with van der Waals surface area (Å²) in [4.78, 5) is 8.52. The van der Waals surface area contributed by atoms with Gasteiger partial charge < -0.3 is 9.47 Å². The number of methoxy groups -OCH3 is 1. The molecule has 6 heteroatoms. The summed E-state index contributed by atoms with van der Waals surface area (Å²) in [7, 11) is 1.65. The number of halogens is 2. The molecule has 0 radical (unpaired) electrons. The van der Waals surface area contributed by atoms with E-state index in [2.05, 4.69) is 32.6 Å². The van der Waals surface area contributed by atoms with E-state index in [1.54, 1.807) is 7.11 Å². The van der Waals surface area contributed by atoms with Crippen LogP contribution in [0, 0.1) is 10.5 Å². The zero-order valence-corrected chi connectivity index (χ0v) is 12.2. The van der Waals surface area contributed by atoms with Crippen LogP contribution in [0.4, 0.5) is 0 Å². The van der Waals surface area contributed by atoms with Crippen LogP contribution >= 0.6 is 34.2 Å². The third-order valence-electron chi connectivity index (χ3n) is 1.92. The zero-order chi connectivity index (χ0) is 12.0. The summed E-state index contributed by atoms with van der Waals surface area (Å²) in [6.07, 6.45) is 0.668. The van der Waals surface area contributed by atoms with Gasteiger partial charge in [-0.05, 0) is 29.5 Å². The molecule has 0 spiro atoms. The van der Waals surface area contributed by atoms with Gasteiger partial charge in [-0.2, -0.15) is 0 Å². The van der Waals surface area contributed by atoms with Gasteiger partial charge in [0.2, 0.25) is 0 Å². The fourth-order valence-electron chi connectivity index (χ4n) is 1.10. The fraction of sp³-hybridized carbons (Fsp3) is 0.600. The molecule has 0 aromatic carbocycles. The lowest BCUT2D eigenvalue weighted by Crippen LogP contribution is -2.08. The molecule has 16 heavy (non-hydrogen) atoms. The molecule has 1 heterocycles. The van der Waals surface area contributed by atoms with Gasteiger partial charge in [0.05, 0.1) is 29.1 Å². The van der Waals surface area contributed by atoms with Gasteiger partial charge in [-0.25, -0.2) is 9.97 Å². The van der Waals surface area contributed by atoms with Crippen LogP contribution in [0.25, 0.3) is 0 Å². The van der Waals surface area contributed by atoms with E-state index in [1.165, 1.54) is 0 Å². The predicted molar refractivity (Wildman–Crippen MR) is 70.9 cm³/mol. The van der Waals surface area contributed by atoms with Crippen LogP contribution in [-0.4, -0.2) is 36.9 Å². The molecule has 0 amide bonds. The van der Waals surface area contributed by atoms with Crippen LogP contribution in [0.2, 0.25) is 5.15 Å². The van der Waals surface area contributed by atoms with Gasteiger partial charge >= 0.3 is 0 Å². The van der Waals surface area contributed by atoms with Gasteiger partial charge in [-0.3, -0.25) is 0 Å². The lowest BCUT2D eigenvalue weighted by molar-refractivity contribution is 0.0716. The maximum absolute atomic E-state index is 5.96. The minimum Gasteiger partial charge on any atom is -0.382 e. The molecule has 0 aliphatic carbocycles. The van der Waals surface area contributed by atoms with E-state index in [9.17, 15) is 0 Å². The van der Waals surface area contributed by atoms with Crippen molar-refractivity contribution in [2.75, 3.05) is 26.9 Å². The van der Waals surface area contributed by atoms with Crippen molar-refractivity contribution in [3.05, 3.63) is 20.2 Å². The normalized spacial score (nSPS) is 10.8. The van der Waals surface area contributed by atoms with Crippen LogP contribution in [0.15, 0.2) is 0 Å². The Morgan fingerprint density at radius 1 is 1.25 bits per heavy atom. The van der Waals surface area contributed by atoms with Crippen molar-refractivity contribution < 1.29 is 9.47 Å². The Bertz CT molecular complexity index is 327. The van der Waals surface area contributed by atoms with E-state index in [-0.39, 0.29) is 0 Å². The summed E-state index contributed by atoms with van der Waals surface area (Å²) in [6, 6.07) is 0. The van der Waals surface area contributed by atoms with Gasteiger partial charge in [-0.1, -0.05) is 11.6 Å². The van der Waals surface area contributed by atoms with E-state index in [4.69, 9.17) is 21.1 Å². The van der Waals surface area contributed by atoms with Crippen LogP contribution in [0.1, 0.15) is 11.5 Å². The average Bonchev–Trinajstić information content (AvgIpc) is 2.25. The fourth-order valence-corrected chi connectivity index (χ4v) is 1.57. The number of rotatable bonds is 6. The zero-order valence-electron chi connectivity index (χ0n) is 9.30. The highest BCUT2D eigenvalue weighted by Gasteiger charge is 2.06. The van der Waals surface area contributed by atoms with Gasteiger partial charge in [0.1, 0.15) is 11.0 Å². The predicted octanol–water partition coefficient (Wildman–Crippen LogP) is 2.25. The highest BCUT2D eigenvalue weighted by molar-refractivity contribution is 14.1. The first-order valence-electron chi connectivity index (χ1n) is 4.90. The molecular weight excluding hydrogens is 342 g/mol. The Labute approximate surface area is 114 Å². The smallest absolute Gasteiger partial charge is 0.146 e. The van der Waals surface area contributed by atoms with Crippen molar-refractivity contribution in [1.82, 2.24) is 9.97 Å². The third kappa shape index (κ3) is 4.48. The highest BCUT2D eigenvalue weighted by atomic mass is 127. The first kappa shape index (κ1) is 14.1. The van der Waals surface area contributed by atoms with E-state index in [1.807, 2.05) is 6.92 Å². The van der Waals surface area contributed by atoms with E-state index in [0.717, 1.165) is 15.1 Å². The van der Waals surface area contributed by atoms with Crippen molar-refractivity contribution >= 4 is 34.2 Å². The monoisotopic (exact) mass is 356 g/mol. The molecule has 0 atom stereocenters. The molecule has 0 aliphatic heterocycles. The molecule has 4 nitrogen and oxygen atoms in total. The Morgan fingerprint density at radius 3 is 2.62 bits per heavy atom. The molecular formula is C10H14ClIN2O2. The maximum atomic E-state index is 5.96. The SMILES string of the molecule is COCCOCCc1nc(C)c(I)c(Cl)n1. The first-order chi connectivity index (χ1) is 7.65. The quantitative estimate of drug-likeness (QED) is 0.445. The number of aryl methyl sites for hydroxylation is 1. The van der Waals surface area contributed by atoms with Gasteiger partial charge in [-0.15, -0.1) is 0 Å². The molecule has 90 valence electrons. The lowest BCUT2D eigenvalue weighted by Gasteiger charge is -2.05. The summed E-state index contributed by atoms with van der Waals surface area (Å²) in [5.74, 6) is 0.723. The minimum absolute atomic E-state index is 0.514. The number of hydrogen-bond acceptors (Lipinski definition) is 4. The number of ether oxygens (including phenoxy) is 2. The second-order valence-corrected chi connectivity index (χ2v) is 4.62. The molecule has 1 aromatic rings. The van der Waals surface area contributed by atoms with Gasteiger partial charge in [0.15, 0.2) is 0 Å². The van der Waals surface area contributed by atoms with Crippen LogP contribution in [0.3, 0.4) is 0 Å². The van der Waals surface area contributed by atoms with Crippen molar-refractivity contribution in [3.63, 3.8) is 0 Å². The van der Waals surface area contributed by atoms with Crippen molar-refractivity contribution in [1.29, 1.82) is 0 Å². The Balaban J connectivity index is 2.43. The van der Waals surface area contributed by atoms with Crippen LogP contribution < -0.4 is 0 Å². The summed E-state index contributed by atoms with van der Waals surface area (Å²) < 4.78 is 11.1. The van der Waals surface area contributed by atoms with Crippen molar-refractivity contribution in [2.45, 2.75) is 13.3 Å². The number of aromatic nitrogens is 2. The lowest BCUT2D eigenvalue weighted by atomic mass is 10.4. The molecule has 0 saturated heterocycles. The average molecular weight is 357 g/mol. The Morgan fingerprint density at radius 2 is 2.00 bits per heavy atom. The standard InChI is InChI=1S/C10H14ClIN2O2/c1-7-9(12)10(11)14-8(13-7)3-4-16-6-5-15-2/h3-6H2,1-2H3. The summed E-state index contributed by atoms with van der Waals surface area (Å²) in [6.45, 7) is 3.70. The van der Waals surface area contributed by atoms with Crippen molar-refractivity contribution in [3.8, 4) is 0 Å². The topological polar surface area (TPSA) is 44.2 Å². The van der Waals surface area contributed by atoms with Crippen LogP contribution in [0.5, 0.6) is 0 Å². The van der Waals surface area contributed by atoms with Crippen molar-refractivity contribution in [2.24, 2.45) is 0 Å². The molecule has 0 saturated carbocycles. The second kappa shape index (κ2) is 7.37. The van der Waals surface area contributed by atoms with Gasteiger partial charge in [0, 0.05) is 13.5 Å². The molecule has 0 N–H and O–H groups in total. The molecule has 0 aliphatic rings. The maximum Gasteiger partial charge on any atom is 0.146 e. The number of nitrogens with zero attached hydrogens (tertiary/aromatic N) is 2. The summed E-state index contributed by atoms with van der Waals surface area (Å²) in [5, 5.41) is 0.514. The Hall–Kier alpha value is 0.0200. The van der Waals surface area contributed by atoms with E-state index >= 15 is 0 Å². The Kier molecular flexibility index (Phi) is 6.48. The molecule has 0 fully saturated rings. The molecule has 1 aromatic heterocycles. The molecule has 1 rings (SSSR count). The highest BCUT2D eigenvalue weighted by Crippen LogP contribution is 2.18.